The van der Waals surface area contributed by atoms with E-state index >= 15 is 0 Å². The molecule has 0 saturated heterocycles. The summed E-state index contributed by atoms with van der Waals surface area (Å²) in [5.74, 6) is 0.754. The van der Waals surface area contributed by atoms with Gasteiger partial charge in [0.25, 0.3) is 0 Å². The third kappa shape index (κ3) is 2.49. The topological polar surface area (TPSA) is 47.4 Å². The summed E-state index contributed by atoms with van der Waals surface area (Å²) in [6.07, 6.45) is 5.17. The zero-order valence-electron chi connectivity index (χ0n) is 11.0. The van der Waals surface area contributed by atoms with E-state index in [-0.39, 0.29) is 0 Å². The quantitative estimate of drug-likeness (QED) is 0.680. The fourth-order valence-electron chi connectivity index (χ4n) is 1.94. The SMILES string of the molecule is COc1ccccc1N=Cc1ccc2nccnc2c1. The molecule has 1 heterocycles. The normalized spacial score (nSPS) is 11.1. The second-order valence-corrected chi connectivity index (χ2v) is 4.23. The Morgan fingerprint density at radius 2 is 1.80 bits per heavy atom. The second kappa shape index (κ2) is 5.48. The van der Waals surface area contributed by atoms with Crippen molar-refractivity contribution in [3.05, 3.63) is 60.4 Å². The van der Waals surface area contributed by atoms with Crippen LogP contribution in [0, 0.1) is 0 Å². The van der Waals surface area contributed by atoms with Crippen LogP contribution < -0.4 is 4.74 Å². The predicted molar refractivity (Wildman–Crippen MR) is 79.8 cm³/mol. The van der Waals surface area contributed by atoms with E-state index in [0.29, 0.717) is 0 Å². The first-order valence-electron chi connectivity index (χ1n) is 6.25. The van der Waals surface area contributed by atoms with E-state index in [9.17, 15) is 0 Å². The Balaban J connectivity index is 1.94. The van der Waals surface area contributed by atoms with E-state index in [4.69, 9.17) is 4.74 Å². The zero-order valence-corrected chi connectivity index (χ0v) is 11.0. The van der Waals surface area contributed by atoms with Gasteiger partial charge in [0.15, 0.2) is 0 Å². The molecule has 4 heteroatoms. The molecule has 0 aliphatic heterocycles. The molecule has 0 aliphatic rings. The fraction of sp³-hybridized carbons (Fsp3) is 0.0625. The molecule has 0 radical (unpaired) electrons. The van der Waals surface area contributed by atoms with Gasteiger partial charge in [0.05, 0.1) is 18.1 Å². The summed E-state index contributed by atoms with van der Waals surface area (Å²) < 4.78 is 5.27. The number of hydrogen-bond acceptors (Lipinski definition) is 4. The lowest BCUT2D eigenvalue weighted by molar-refractivity contribution is 0.416. The molecule has 98 valence electrons. The molecule has 20 heavy (non-hydrogen) atoms. The molecule has 0 atom stereocenters. The number of para-hydroxylation sites is 2. The van der Waals surface area contributed by atoms with Crippen molar-refractivity contribution in [3.63, 3.8) is 0 Å². The van der Waals surface area contributed by atoms with Gasteiger partial charge in [0.2, 0.25) is 0 Å². The number of aromatic nitrogens is 2. The lowest BCUT2D eigenvalue weighted by Gasteiger charge is -2.02. The molecule has 0 bridgehead atoms. The van der Waals surface area contributed by atoms with E-state index < -0.39 is 0 Å². The minimum atomic E-state index is 0.754. The number of nitrogens with zero attached hydrogens (tertiary/aromatic N) is 3. The molecule has 0 fully saturated rings. The highest BCUT2D eigenvalue weighted by Gasteiger charge is 1.99. The summed E-state index contributed by atoms with van der Waals surface area (Å²) in [7, 11) is 1.64. The lowest BCUT2D eigenvalue weighted by atomic mass is 10.2. The molecule has 3 aromatic rings. The van der Waals surface area contributed by atoms with Crippen LogP contribution in [0.25, 0.3) is 11.0 Å². The van der Waals surface area contributed by atoms with Gasteiger partial charge in [-0.3, -0.25) is 15.0 Å². The Labute approximate surface area is 116 Å². The third-order valence-corrected chi connectivity index (χ3v) is 2.93. The highest BCUT2D eigenvalue weighted by molar-refractivity contribution is 5.88. The number of fused-ring (bicyclic) bond motifs is 1. The molecule has 0 N–H and O–H groups in total. The molecule has 0 amide bonds. The van der Waals surface area contributed by atoms with Crippen LogP contribution in [0.5, 0.6) is 5.75 Å². The number of methoxy groups -OCH3 is 1. The maximum absolute atomic E-state index is 5.27. The summed E-state index contributed by atoms with van der Waals surface area (Å²) in [5, 5.41) is 0. The summed E-state index contributed by atoms with van der Waals surface area (Å²) in [6, 6.07) is 13.5. The van der Waals surface area contributed by atoms with Crippen LogP contribution in [0.15, 0.2) is 59.9 Å². The zero-order chi connectivity index (χ0) is 13.8. The summed E-state index contributed by atoms with van der Waals surface area (Å²) in [4.78, 5) is 13.0. The number of aliphatic imine (C=N–C) groups is 1. The first kappa shape index (κ1) is 12.3. The van der Waals surface area contributed by atoms with E-state index in [1.54, 1.807) is 25.7 Å². The predicted octanol–water partition coefficient (Wildman–Crippen LogP) is 3.39. The van der Waals surface area contributed by atoms with Crippen molar-refractivity contribution in [2.24, 2.45) is 4.99 Å². The van der Waals surface area contributed by atoms with E-state index in [0.717, 1.165) is 28.0 Å². The molecule has 3 rings (SSSR count). The molecule has 2 aromatic carbocycles. The minimum Gasteiger partial charge on any atom is -0.494 e. The van der Waals surface area contributed by atoms with E-state index in [1.807, 2.05) is 42.5 Å². The molecule has 0 saturated carbocycles. The van der Waals surface area contributed by atoms with Gasteiger partial charge in [0, 0.05) is 18.6 Å². The third-order valence-electron chi connectivity index (χ3n) is 2.93. The highest BCUT2D eigenvalue weighted by atomic mass is 16.5. The van der Waals surface area contributed by atoms with Crippen LogP contribution in [0.1, 0.15) is 5.56 Å². The molecule has 1 aromatic heterocycles. The summed E-state index contributed by atoms with van der Waals surface area (Å²) in [5.41, 5.74) is 3.51. The monoisotopic (exact) mass is 263 g/mol. The van der Waals surface area contributed by atoms with Crippen LogP contribution in [-0.4, -0.2) is 23.3 Å². The largest absolute Gasteiger partial charge is 0.494 e. The van der Waals surface area contributed by atoms with Crippen molar-refractivity contribution in [1.82, 2.24) is 9.97 Å². The van der Waals surface area contributed by atoms with Gasteiger partial charge in [0.1, 0.15) is 11.4 Å². The van der Waals surface area contributed by atoms with Gasteiger partial charge in [-0.05, 0) is 29.8 Å². The standard InChI is InChI=1S/C16H13N3O/c1-20-16-5-3-2-4-14(16)19-11-12-6-7-13-15(10-12)18-9-8-17-13/h2-11H,1H3. The minimum absolute atomic E-state index is 0.754. The Bertz CT molecular complexity index is 768. The van der Waals surface area contributed by atoms with Crippen LogP contribution in [0.2, 0.25) is 0 Å². The smallest absolute Gasteiger partial charge is 0.144 e. The van der Waals surface area contributed by atoms with Crippen molar-refractivity contribution in [3.8, 4) is 5.75 Å². The van der Waals surface area contributed by atoms with Gasteiger partial charge in [-0.2, -0.15) is 0 Å². The Morgan fingerprint density at radius 3 is 2.65 bits per heavy atom. The number of ether oxygens (including phenoxy) is 1. The van der Waals surface area contributed by atoms with Crippen LogP contribution in [0.4, 0.5) is 5.69 Å². The average Bonchev–Trinajstić information content (AvgIpc) is 2.53. The first-order chi connectivity index (χ1) is 9.86. The van der Waals surface area contributed by atoms with Crippen LogP contribution in [-0.2, 0) is 0 Å². The van der Waals surface area contributed by atoms with Gasteiger partial charge < -0.3 is 4.74 Å². The fourth-order valence-corrected chi connectivity index (χ4v) is 1.94. The molecular formula is C16H13N3O. The van der Waals surface area contributed by atoms with E-state index in [2.05, 4.69) is 15.0 Å². The average molecular weight is 263 g/mol. The number of rotatable bonds is 3. The van der Waals surface area contributed by atoms with Gasteiger partial charge in [-0.1, -0.05) is 18.2 Å². The van der Waals surface area contributed by atoms with Crippen molar-refractivity contribution in [2.75, 3.05) is 7.11 Å². The lowest BCUT2D eigenvalue weighted by Crippen LogP contribution is -1.87. The Kier molecular flexibility index (Phi) is 3.37. The van der Waals surface area contributed by atoms with Crippen LogP contribution >= 0.6 is 0 Å². The molecular weight excluding hydrogens is 250 g/mol. The van der Waals surface area contributed by atoms with E-state index in [1.165, 1.54) is 0 Å². The molecule has 0 aliphatic carbocycles. The van der Waals surface area contributed by atoms with Crippen molar-refractivity contribution < 1.29 is 4.74 Å². The Hall–Kier alpha value is -2.75. The van der Waals surface area contributed by atoms with Crippen molar-refractivity contribution in [2.45, 2.75) is 0 Å². The van der Waals surface area contributed by atoms with Gasteiger partial charge >= 0.3 is 0 Å². The highest BCUT2D eigenvalue weighted by Crippen LogP contribution is 2.26. The number of benzene rings is 2. The van der Waals surface area contributed by atoms with Crippen molar-refractivity contribution in [1.29, 1.82) is 0 Å². The maximum atomic E-state index is 5.27. The van der Waals surface area contributed by atoms with Crippen LogP contribution in [0.3, 0.4) is 0 Å². The summed E-state index contributed by atoms with van der Waals surface area (Å²) in [6.45, 7) is 0. The van der Waals surface area contributed by atoms with Crippen molar-refractivity contribution >= 4 is 22.9 Å². The molecule has 0 unspecified atom stereocenters. The molecule has 0 spiro atoms. The van der Waals surface area contributed by atoms with Gasteiger partial charge in [-0.25, -0.2) is 0 Å². The second-order valence-electron chi connectivity index (χ2n) is 4.23. The van der Waals surface area contributed by atoms with Gasteiger partial charge in [-0.15, -0.1) is 0 Å². The number of hydrogen-bond donors (Lipinski definition) is 0. The first-order valence-corrected chi connectivity index (χ1v) is 6.25. The molecule has 4 nitrogen and oxygen atoms in total. The summed E-state index contributed by atoms with van der Waals surface area (Å²) >= 11 is 0. The maximum Gasteiger partial charge on any atom is 0.144 e. The Morgan fingerprint density at radius 1 is 1.00 bits per heavy atom.